The van der Waals surface area contributed by atoms with E-state index < -0.39 is 6.17 Å². The summed E-state index contributed by atoms with van der Waals surface area (Å²) in [5.74, 6) is 1.14. The van der Waals surface area contributed by atoms with Gasteiger partial charge in [-0.25, -0.2) is 0 Å². The van der Waals surface area contributed by atoms with Gasteiger partial charge in [0.25, 0.3) is 0 Å². The van der Waals surface area contributed by atoms with Gasteiger partial charge in [0, 0.05) is 24.8 Å². The molecule has 0 saturated carbocycles. The van der Waals surface area contributed by atoms with Gasteiger partial charge in [-0.05, 0) is 18.9 Å². The molecule has 4 N–H and O–H groups in total. The predicted molar refractivity (Wildman–Crippen MR) is 76.4 cm³/mol. The van der Waals surface area contributed by atoms with Crippen molar-refractivity contribution in [3.63, 3.8) is 0 Å². The summed E-state index contributed by atoms with van der Waals surface area (Å²) in [4.78, 5) is 3.66. The first-order valence-electron chi connectivity index (χ1n) is 6.00. The lowest BCUT2D eigenvalue weighted by Crippen LogP contribution is -2.13. The first-order chi connectivity index (χ1) is 9.29. The van der Waals surface area contributed by atoms with Crippen molar-refractivity contribution in [2.75, 3.05) is 23.7 Å². The van der Waals surface area contributed by atoms with E-state index in [9.17, 15) is 0 Å². The van der Waals surface area contributed by atoms with Crippen LogP contribution in [0, 0.1) is 0 Å². The van der Waals surface area contributed by atoms with Gasteiger partial charge in [-0.2, -0.15) is 0 Å². The molecule has 0 saturated heterocycles. The fourth-order valence-corrected chi connectivity index (χ4v) is 1.56. The summed E-state index contributed by atoms with van der Waals surface area (Å²) in [5.41, 5.74) is 6.72. The topological polar surface area (TPSA) is 88.5 Å². The third kappa shape index (κ3) is 3.82. The van der Waals surface area contributed by atoms with Crippen molar-refractivity contribution in [1.82, 2.24) is 5.16 Å². The molecule has 0 bridgehead atoms. The van der Waals surface area contributed by atoms with E-state index in [1.165, 1.54) is 0 Å². The summed E-state index contributed by atoms with van der Waals surface area (Å²) in [5, 5.41) is 10.3. The van der Waals surface area contributed by atoms with E-state index in [4.69, 9.17) is 10.3 Å². The molecule has 0 aliphatic heterocycles. The molecule has 1 heterocycles. The van der Waals surface area contributed by atoms with Gasteiger partial charge in [-0.1, -0.05) is 23.4 Å². The minimum atomic E-state index is -0.564. The lowest BCUT2D eigenvalue weighted by molar-refractivity contribution is 0.366. The summed E-state index contributed by atoms with van der Waals surface area (Å²) in [6.07, 6.45) is -0.564. The van der Waals surface area contributed by atoms with E-state index >= 15 is 0 Å². The Labute approximate surface area is 111 Å². The Morgan fingerprint density at radius 2 is 2.00 bits per heavy atom. The predicted octanol–water partition coefficient (Wildman–Crippen LogP) is 1.86. The van der Waals surface area contributed by atoms with E-state index in [2.05, 4.69) is 27.5 Å². The lowest BCUT2D eigenvalue weighted by Gasteiger charge is -2.06. The lowest BCUT2D eigenvalue weighted by atomic mass is 10.3. The summed E-state index contributed by atoms with van der Waals surface area (Å²) >= 11 is 0. The molecule has 1 atom stereocenters. The second kappa shape index (κ2) is 6.55. The SMILES string of the molecule is C=NC(N)c1cc(NCCNc2ccccc2)no1. The highest BCUT2D eigenvalue weighted by Crippen LogP contribution is 2.15. The van der Waals surface area contributed by atoms with Crippen LogP contribution in [0.3, 0.4) is 0 Å². The van der Waals surface area contributed by atoms with E-state index in [1.54, 1.807) is 6.07 Å². The van der Waals surface area contributed by atoms with Gasteiger partial charge in [0.1, 0.15) is 0 Å². The van der Waals surface area contributed by atoms with E-state index in [0.29, 0.717) is 11.6 Å². The molecule has 2 rings (SSSR count). The van der Waals surface area contributed by atoms with Crippen molar-refractivity contribution in [2.45, 2.75) is 6.17 Å². The van der Waals surface area contributed by atoms with E-state index in [1.807, 2.05) is 30.3 Å². The standard InChI is InChI=1S/C13H17N5O/c1-15-13(14)11-9-12(18-19-11)17-8-7-16-10-5-3-2-4-6-10/h2-6,9,13,16H,1,7-8,14H2,(H,17,18). The van der Waals surface area contributed by atoms with Crippen LogP contribution in [0.4, 0.5) is 11.5 Å². The van der Waals surface area contributed by atoms with Crippen molar-refractivity contribution in [1.29, 1.82) is 0 Å². The molecule has 0 spiro atoms. The number of para-hydroxylation sites is 1. The Morgan fingerprint density at radius 1 is 1.26 bits per heavy atom. The number of nitrogens with two attached hydrogens (primary N) is 1. The zero-order valence-electron chi connectivity index (χ0n) is 10.5. The first-order valence-corrected chi connectivity index (χ1v) is 6.00. The van der Waals surface area contributed by atoms with E-state index in [0.717, 1.165) is 18.8 Å². The Bertz CT molecular complexity index is 511. The second-order valence-corrected chi connectivity index (χ2v) is 3.96. The molecule has 100 valence electrons. The average molecular weight is 259 g/mol. The largest absolute Gasteiger partial charge is 0.383 e. The zero-order chi connectivity index (χ0) is 13.5. The Morgan fingerprint density at radius 3 is 2.74 bits per heavy atom. The maximum absolute atomic E-state index is 5.64. The summed E-state index contributed by atoms with van der Waals surface area (Å²) in [7, 11) is 0. The fraction of sp³-hybridized carbons (Fsp3) is 0.231. The summed E-state index contributed by atoms with van der Waals surface area (Å²) < 4.78 is 5.04. The van der Waals surface area contributed by atoms with Crippen molar-refractivity contribution < 1.29 is 4.52 Å². The Hall–Kier alpha value is -2.34. The van der Waals surface area contributed by atoms with Crippen LogP contribution in [-0.4, -0.2) is 25.0 Å². The highest BCUT2D eigenvalue weighted by atomic mass is 16.5. The van der Waals surface area contributed by atoms with Gasteiger partial charge in [-0.3, -0.25) is 4.99 Å². The number of hydrogen-bond acceptors (Lipinski definition) is 6. The number of nitrogens with zero attached hydrogens (tertiary/aromatic N) is 2. The Kier molecular flexibility index (Phi) is 4.52. The molecular weight excluding hydrogens is 242 g/mol. The van der Waals surface area contributed by atoms with Crippen LogP contribution in [0.15, 0.2) is 45.9 Å². The molecular formula is C13H17N5O. The van der Waals surface area contributed by atoms with Gasteiger partial charge in [0.2, 0.25) is 0 Å². The number of aromatic nitrogens is 1. The molecule has 1 unspecified atom stereocenters. The van der Waals surface area contributed by atoms with Gasteiger partial charge in [0.05, 0.1) is 0 Å². The minimum Gasteiger partial charge on any atom is -0.383 e. The molecule has 1 aromatic heterocycles. The van der Waals surface area contributed by atoms with Crippen molar-refractivity contribution in [3.05, 3.63) is 42.2 Å². The number of anilines is 2. The highest BCUT2D eigenvalue weighted by molar-refractivity contribution is 5.43. The second-order valence-electron chi connectivity index (χ2n) is 3.96. The molecule has 0 aliphatic carbocycles. The zero-order valence-corrected chi connectivity index (χ0v) is 10.5. The van der Waals surface area contributed by atoms with Gasteiger partial charge in [-0.15, -0.1) is 0 Å². The normalized spacial score (nSPS) is 11.8. The number of nitrogens with one attached hydrogen (secondary N) is 2. The fourth-order valence-electron chi connectivity index (χ4n) is 1.56. The molecule has 0 amide bonds. The molecule has 0 aliphatic rings. The summed E-state index contributed by atoms with van der Waals surface area (Å²) in [6, 6.07) is 11.7. The molecule has 0 radical (unpaired) electrons. The highest BCUT2D eigenvalue weighted by Gasteiger charge is 2.09. The van der Waals surface area contributed by atoms with Gasteiger partial charge >= 0.3 is 0 Å². The quantitative estimate of drug-likeness (QED) is 0.521. The van der Waals surface area contributed by atoms with Crippen molar-refractivity contribution in [3.8, 4) is 0 Å². The molecule has 2 aromatic rings. The third-order valence-electron chi connectivity index (χ3n) is 2.55. The molecule has 6 nitrogen and oxygen atoms in total. The number of hydrogen-bond donors (Lipinski definition) is 3. The minimum absolute atomic E-state index is 0.494. The van der Waals surface area contributed by atoms with Gasteiger partial charge < -0.3 is 20.9 Å². The molecule has 6 heteroatoms. The van der Waals surface area contributed by atoms with Crippen LogP contribution < -0.4 is 16.4 Å². The van der Waals surface area contributed by atoms with Crippen LogP contribution in [0.5, 0.6) is 0 Å². The van der Waals surface area contributed by atoms with Crippen LogP contribution in [0.2, 0.25) is 0 Å². The monoisotopic (exact) mass is 259 g/mol. The molecule has 0 fully saturated rings. The maximum atomic E-state index is 5.64. The van der Waals surface area contributed by atoms with Crippen molar-refractivity contribution in [2.24, 2.45) is 10.7 Å². The van der Waals surface area contributed by atoms with Crippen molar-refractivity contribution >= 4 is 18.2 Å². The van der Waals surface area contributed by atoms with Crippen LogP contribution in [0.1, 0.15) is 11.9 Å². The van der Waals surface area contributed by atoms with Crippen LogP contribution >= 0.6 is 0 Å². The summed E-state index contributed by atoms with van der Waals surface area (Å²) in [6.45, 7) is 4.86. The molecule has 1 aromatic carbocycles. The smallest absolute Gasteiger partial charge is 0.177 e. The van der Waals surface area contributed by atoms with Gasteiger partial charge in [0.15, 0.2) is 17.7 Å². The molecule has 19 heavy (non-hydrogen) atoms. The number of benzene rings is 1. The average Bonchev–Trinajstić information content (AvgIpc) is 2.93. The third-order valence-corrected chi connectivity index (χ3v) is 2.55. The maximum Gasteiger partial charge on any atom is 0.177 e. The number of rotatable bonds is 7. The Balaban J connectivity index is 1.74. The van der Waals surface area contributed by atoms with Crippen LogP contribution in [-0.2, 0) is 0 Å². The first kappa shape index (κ1) is 13.1. The van der Waals surface area contributed by atoms with Crippen LogP contribution in [0.25, 0.3) is 0 Å². The van der Waals surface area contributed by atoms with E-state index in [-0.39, 0.29) is 0 Å². The number of aliphatic imine (C=N–C) groups is 1.